The van der Waals surface area contributed by atoms with Crippen LogP contribution in [0.1, 0.15) is 55.6 Å². The van der Waals surface area contributed by atoms with Crippen LogP contribution >= 0.6 is 0 Å². The summed E-state index contributed by atoms with van der Waals surface area (Å²) in [5.74, 6) is 1.76. The van der Waals surface area contributed by atoms with Gasteiger partial charge in [0, 0.05) is 13.2 Å². The molecule has 0 saturated carbocycles. The van der Waals surface area contributed by atoms with Crippen molar-refractivity contribution in [2.45, 2.75) is 50.9 Å². The lowest BCUT2D eigenvalue weighted by molar-refractivity contribution is 0.141. The molecule has 1 aromatic carbocycles. The van der Waals surface area contributed by atoms with E-state index in [0.29, 0.717) is 0 Å². The van der Waals surface area contributed by atoms with Gasteiger partial charge in [0.1, 0.15) is 0 Å². The molecule has 1 saturated heterocycles. The summed E-state index contributed by atoms with van der Waals surface area (Å²) in [4.78, 5) is 0. The average Bonchev–Trinajstić information content (AvgIpc) is 2.64. The average molecular weight is 244 g/mol. The molecule has 1 heterocycles. The number of hydrogen-bond donors (Lipinski definition) is 0. The molecule has 18 heavy (non-hydrogen) atoms. The van der Waals surface area contributed by atoms with Crippen LogP contribution in [0.4, 0.5) is 0 Å². The van der Waals surface area contributed by atoms with Crippen molar-refractivity contribution in [3.05, 3.63) is 35.4 Å². The van der Waals surface area contributed by atoms with Gasteiger partial charge in [0.2, 0.25) is 0 Å². The van der Waals surface area contributed by atoms with Gasteiger partial charge in [-0.3, -0.25) is 0 Å². The van der Waals surface area contributed by atoms with Crippen LogP contribution in [0.15, 0.2) is 24.3 Å². The molecule has 2 unspecified atom stereocenters. The van der Waals surface area contributed by atoms with Gasteiger partial charge in [-0.25, -0.2) is 0 Å². The van der Waals surface area contributed by atoms with Crippen molar-refractivity contribution in [1.29, 1.82) is 0 Å². The van der Waals surface area contributed by atoms with Crippen LogP contribution in [0.25, 0.3) is 0 Å². The Hall–Kier alpha value is -0.820. The first-order chi connectivity index (χ1) is 8.93. The molecule has 0 bridgehead atoms. The van der Waals surface area contributed by atoms with Crippen molar-refractivity contribution in [2.75, 3.05) is 13.2 Å². The summed E-state index contributed by atoms with van der Waals surface area (Å²) >= 11 is 0. The van der Waals surface area contributed by atoms with E-state index in [9.17, 15) is 0 Å². The van der Waals surface area contributed by atoms with Gasteiger partial charge in [-0.2, -0.15) is 0 Å². The van der Waals surface area contributed by atoms with Crippen molar-refractivity contribution >= 4 is 0 Å². The molecular formula is C17H24O. The Labute approximate surface area is 111 Å². The predicted octanol–water partition coefficient (Wildman–Crippen LogP) is 4.31. The lowest BCUT2D eigenvalue weighted by Gasteiger charge is -2.17. The summed E-state index contributed by atoms with van der Waals surface area (Å²) in [6, 6.07) is 9.05. The quantitative estimate of drug-likeness (QED) is 0.769. The van der Waals surface area contributed by atoms with Gasteiger partial charge in [-0.1, -0.05) is 24.3 Å². The second-order valence-electron chi connectivity index (χ2n) is 5.92. The highest BCUT2D eigenvalue weighted by Crippen LogP contribution is 2.37. The maximum absolute atomic E-state index is 5.55. The zero-order valence-corrected chi connectivity index (χ0v) is 11.2. The third kappa shape index (κ3) is 2.77. The molecule has 0 spiro atoms. The van der Waals surface area contributed by atoms with Gasteiger partial charge < -0.3 is 4.74 Å². The highest BCUT2D eigenvalue weighted by Gasteiger charge is 2.23. The molecule has 2 aliphatic rings. The second kappa shape index (κ2) is 5.88. The monoisotopic (exact) mass is 244 g/mol. The second-order valence-corrected chi connectivity index (χ2v) is 5.92. The molecule has 0 N–H and O–H groups in total. The maximum Gasteiger partial charge on any atom is 0.0468 e. The molecule has 1 aliphatic carbocycles. The van der Waals surface area contributed by atoms with Crippen LogP contribution in [-0.2, 0) is 11.2 Å². The van der Waals surface area contributed by atoms with Crippen LogP contribution in [0.5, 0.6) is 0 Å². The van der Waals surface area contributed by atoms with Crippen molar-refractivity contribution in [3.63, 3.8) is 0 Å². The van der Waals surface area contributed by atoms with Crippen molar-refractivity contribution < 1.29 is 4.74 Å². The van der Waals surface area contributed by atoms with Crippen molar-refractivity contribution in [2.24, 2.45) is 5.92 Å². The number of ether oxygens (including phenoxy) is 1. The Balaban J connectivity index is 1.55. The normalized spacial score (nSPS) is 27.8. The van der Waals surface area contributed by atoms with Gasteiger partial charge in [-0.15, -0.1) is 0 Å². The molecule has 0 aromatic heterocycles. The van der Waals surface area contributed by atoms with E-state index in [0.717, 1.165) is 25.0 Å². The first-order valence-electron chi connectivity index (χ1n) is 7.59. The lowest BCUT2D eigenvalue weighted by Crippen LogP contribution is -2.04. The number of hydrogen-bond acceptors (Lipinski definition) is 1. The van der Waals surface area contributed by atoms with Crippen molar-refractivity contribution in [1.82, 2.24) is 0 Å². The van der Waals surface area contributed by atoms with Crippen LogP contribution in [0.2, 0.25) is 0 Å². The Kier molecular flexibility index (Phi) is 3.99. The van der Waals surface area contributed by atoms with E-state index in [2.05, 4.69) is 24.3 Å². The number of aryl methyl sites for hydroxylation is 1. The van der Waals surface area contributed by atoms with Crippen molar-refractivity contribution in [3.8, 4) is 0 Å². The standard InChI is InChI=1S/C17H24O/c1-2-6-17-15(5-1)9-10-16(17)8-7-14-4-3-12-18-13-11-14/h1-2,5-6,14,16H,3-4,7-13H2. The van der Waals surface area contributed by atoms with E-state index in [1.54, 1.807) is 11.1 Å². The van der Waals surface area contributed by atoms with Gasteiger partial charge in [0.25, 0.3) is 0 Å². The maximum atomic E-state index is 5.55. The van der Waals surface area contributed by atoms with E-state index in [1.807, 2.05) is 0 Å². The Morgan fingerprint density at radius 2 is 1.94 bits per heavy atom. The number of fused-ring (bicyclic) bond motifs is 1. The molecule has 1 aliphatic heterocycles. The van der Waals surface area contributed by atoms with Crippen LogP contribution in [0, 0.1) is 5.92 Å². The SMILES string of the molecule is c1ccc2c(c1)CCC2CCC1CCCOCC1. The van der Waals surface area contributed by atoms with Gasteiger partial charge in [0.05, 0.1) is 0 Å². The molecule has 1 nitrogen and oxygen atoms in total. The number of rotatable bonds is 3. The molecule has 2 atom stereocenters. The smallest absolute Gasteiger partial charge is 0.0468 e. The van der Waals surface area contributed by atoms with E-state index >= 15 is 0 Å². The fraction of sp³-hybridized carbons (Fsp3) is 0.647. The summed E-state index contributed by atoms with van der Waals surface area (Å²) in [6.07, 6.45) is 9.41. The van der Waals surface area contributed by atoms with E-state index in [1.165, 1.54) is 44.9 Å². The summed E-state index contributed by atoms with van der Waals surface area (Å²) in [6.45, 7) is 1.98. The van der Waals surface area contributed by atoms with Crippen LogP contribution < -0.4 is 0 Å². The molecular weight excluding hydrogens is 220 g/mol. The predicted molar refractivity (Wildman–Crippen MR) is 74.9 cm³/mol. The molecule has 0 amide bonds. The third-order valence-corrected chi connectivity index (χ3v) is 4.75. The minimum absolute atomic E-state index is 0.838. The Bertz CT molecular complexity index is 377. The summed E-state index contributed by atoms with van der Waals surface area (Å²) in [7, 11) is 0. The summed E-state index contributed by atoms with van der Waals surface area (Å²) in [5, 5.41) is 0. The molecule has 1 fully saturated rings. The Morgan fingerprint density at radius 3 is 2.94 bits per heavy atom. The topological polar surface area (TPSA) is 9.23 Å². The van der Waals surface area contributed by atoms with E-state index in [-0.39, 0.29) is 0 Å². The first kappa shape index (κ1) is 12.2. The van der Waals surface area contributed by atoms with Gasteiger partial charge in [-0.05, 0) is 67.9 Å². The Morgan fingerprint density at radius 1 is 1.00 bits per heavy atom. The molecule has 3 rings (SSSR count). The summed E-state index contributed by atoms with van der Waals surface area (Å²) in [5.41, 5.74) is 3.24. The molecule has 1 heteroatoms. The highest BCUT2D eigenvalue weighted by molar-refractivity contribution is 5.34. The lowest BCUT2D eigenvalue weighted by atomic mass is 9.88. The van der Waals surface area contributed by atoms with Crippen LogP contribution in [-0.4, -0.2) is 13.2 Å². The fourth-order valence-electron chi connectivity index (χ4n) is 3.64. The minimum atomic E-state index is 0.838. The molecule has 0 radical (unpaired) electrons. The zero-order valence-electron chi connectivity index (χ0n) is 11.2. The minimum Gasteiger partial charge on any atom is -0.381 e. The molecule has 98 valence electrons. The highest BCUT2D eigenvalue weighted by atomic mass is 16.5. The molecule has 1 aromatic rings. The first-order valence-corrected chi connectivity index (χ1v) is 7.59. The van der Waals surface area contributed by atoms with Crippen LogP contribution in [0.3, 0.4) is 0 Å². The summed E-state index contributed by atoms with van der Waals surface area (Å²) < 4.78 is 5.55. The van der Waals surface area contributed by atoms with Gasteiger partial charge in [0.15, 0.2) is 0 Å². The fourth-order valence-corrected chi connectivity index (χ4v) is 3.64. The zero-order chi connectivity index (χ0) is 12.2. The largest absolute Gasteiger partial charge is 0.381 e. The number of benzene rings is 1. The third-order valence-electron chi connectivity index (χ3n) is 4.75. The van der Waals surface area contributed by atoms with Gasteiger partial charge >= 0.3 is 0 Å². The van der Waals surface area contributed by atoms with E-state index < -0.39 is 0 Å². The van der Waals surface area contributed by atoms with E-state index in [4.69, 9.17) is 4.74 Å².